The molecule has 8 rings (SSSR count). The molecule has 0 bridgehead atoms. The highest BCUT2D eigenvalue weighted by Gasteiger charge is 2.22. The first-order valence-electron chi connectivity index (χ1n) is 13.6. The maximum Gasteiger partial charge on any atom is 0.0991 e. The van der Waals surface area contributed by atoms with Gasteiger partial charge in [-0.25, -0.2) is 0 Å². The lowest BCUT2D eigenvalue weighted by atomic mass is 9.92. The fraction of sp³-hybridized carbons (Fsp3) is 0. The first-order chi connectivity index (χ1) is 19.8. The molecule has 0 fully saturated rings. The van der Waals surface area contributed by atoms with E-state index < -0.39 is 0 Å². The smallest absolute Gasteiger partial charge is 0.0991 e. The molecule has 1 aliphatic carbocycles. The number of rotatable bonds is 3. The zero-order valence-corrected chi connectivity index (χ0v) is 21.7. The first kappa shape index (κ1) is 22.5. The third-order valence-corrected chi connectivity index (χ3v) is 8.26. The average molecular weight is 506 g/mol. The van der Waals surface area contributed by atoms with Crippen LogP contribution < -0.4 is 0 Å². The molecule has 0 unspecified atom stereocenters. The molecule has 0 spiro atoms. The van der Waals surface area contributed by atoms with Crippen molar-refractivity contribution in [2.45, 2.75) is 0 Å². The summed E-state index contributed by atoms with van der Waals surface area (Å²) in [5.74, 6) is 0. The Kier molecular flexibility index (Phi) is 4.96. The summed E-state index contributed by atoms with van der Waals surface area (Å²) in [6, 6.07) is 52.1. The van der Waals surface area contributed by atoms with Crippen LogP contribution in [0.2, 0.25) is 0 Å². The van der Waals surface area contributed by atoms with Gasteiger partial charge >= 0.3 is 0 Å². The second-order valence-electron chi connectivity index (χ2n) is 10.5. The van der Waals surface area contributed by atoms with Crippen molar-refractivity contribution in [3.05, 3.63) is 145 Å². The summed E-state index contributed by atoms with van der Waals surface area (Å²) < 4.78 is 0. The van der Waals surface area contributed by atoms with Crippen LogP contribution in [-0.2, 0) is 0 Å². The van der Waals surface area contributed by atoms with E-state index in [-0.39, 0.29) is 0 Å². The highest BCUT2D eigenvalue weighted by molar-refractivity contribution is 6.18. The number of fused-ring (bicyclic) bond motifs is 4. The predicted octanol–water partition coefficient (Wildman–Crippen LogP) is 10.5. The number of benzene rings is 7. The second-order valence-corrected chi connectivity index (χ2v) is 10.5. The maximum absolute atomic E-state index is 9.05. The Morgan fingerprint density at radius 3 is 1.55 bits per heavy atom. The van der Waals surface area contributed by atoms with Crippen LogP contribution in [0.4, 0.5) is 0 Å². The summed E-state index contributed by atoms with van der Waals surface area (Å²) in [4.78, 5) is 0. The standard InChI is InChI=1S/C39H23N/c40-24-25-8-10-26(11-9-25)27-12-14-28(15-13-27)29-16-17-31-23-32(19-18-30(31)22-29)33-20-21-38-35-5-2-1-4-34(35)37-7-3-6-36(33)39(37)38/h1-23H. The Balaban J connectivity index is 1.15. The lowest BCUT2D eigenvalue weighted by Gasteiger charge is -2.11. The molecular weight excluding hydrogens is 482 g/mol. The Morgan fingerprint density at radius 2 is 0.875 bits per heavy atom. The third-order valence-electron chi connectivity index (χ3n) is 8.26. The molecule has 1 aliphatic rings. The number of nitriles is 1. The van der Waals surface area contributed by atoms with Crippen LogP contribution in [-0.4, -0.2) is 0 Å². The molecule has 184 valence electrons. The molecule has 0 heterocycles. The summed E-state index contributed by atoms with van der Waals surface area (Å²) in [6.07, 6.45) is 0. The maximum atomic E-state index is 9.05. The van der Waals surface area contributed by atoms with Crippen LogP contribution >= 0.6 is 0 Å². The van der Waals surface area contributed by atoms with Crippen LogP contribution in [0.5, 0.6) is 0 Å². The Bertz CT molecular complexity index is 2110. The van der Waals surface area contributed by atoms with Crippen molar-refractivity contribution in [2.24, 2.45) is 0 Å². The van der Waals surface area contributed by atoms with Crippen LogP contribution in [0.25, 0.3) is 77.2 Å². The minimum atomic E-state index is 0.680. The van der Waals surface area contributed by atoms with E-state index in [4.69, 9.17) is 5.26 Å². The number of hydrogen-bond donors (Lipinski definition) is 0. The van der Waals surface area contributed by atoms with Gasteiger partial charge < -0.3 is 0 Å². The Hall–Kier alpha value is -5.45. The molecule has 1 nitrogen and oxygen atoms in total. The van der Waals surface area contributed by atoms with Crippen molar-refractivity contribution in [2.75, 3.05) is 0 Å². The van der Waals surface area contributed by atoms with E-state index in [0.717, 1.165) is 11.1 Å². The first-order valence-corrected chi connectivity index (χ1v) is 13.6. The Morgan fingerprint density at radius 1 is 0.375 bits per heavy atom. The fourth-order valence-electron chi connectivity index (χ4n) is 6.25. The number of hydrogen-bond acceptors (Lipinski definition) is 1. The molecule has 0 aromatic heterocycles. The molecule has 0 aliphatic heterocycles. The number of nitrogens with zero attached hydrogens (tertiary/aromatic N) is 1. The van der Waals surface area contributed by atoms with Crippen molar-refractivity contribution < 1.29 is 0 Å². The zero-order valence-electron chi connectivity index (χ0n) is 21.7. The highest BCUT2D eigenvalue weighted by Crippen LogP contribution is 2.49. The van der Waals surface area contributed by atoms with E-state index >= 15 is 0 Å². The lowest BCUT2D eigenvalue weighted by Crippen LogP contribution is -1.85. The predicted molar refractivity (Wildman–Crippen MR) is 167 cm³/mol. The second kappa shape index (κ2) is 8.80. The van der Waals surface area contributed by atoms with Crippen LogP contribution in [0, 0.1) is 11.3 Å². The molecule has 0 N–H and O–H groups in total. The zero-order chi connectivity index (χ0) is 26.6. The fourth-order valence-corrected chi connectivity index (χ4v) is 6.25. The van der Waals surface area contributed by atoms with Crippen molar-refractivity contribution in [3.8, 4) is 61.7 Å². The van der Waals surface area contributed by atoms with Gasteiger partial charge in [0.2, 0.25) is 0 Å². The van der Waals surface area contributed by atoms with Gasteiger partial charge in [-0.15, -0.1) is 0 Å². The quantitative estimate of drug-likeness (QED) is 0.234. The topological polar surface area (TPSA) is 23.8 Å². The summed E-state index contributed by atoms with van der Waals surface area (Å²) in [6.45, 7) is 0. The molecule has 1 heteroatoms. The summed E-state index contributed by atoms with van der Waals surface area (Å²) >= 11 is 0. The van der Waals surface area contributed by atoms with E-state index in [1.807, 2.05) is 24.3 Å². The van der Waals surface area contributed by atoms with Crippen LogP contribution in [0.1, 0.15) is 5.56 Å². The van der Waals surface area contributed by atoms with Gasteiger partial charge in [-0.05, 0) is 101 Å². The van der Waals surface area contributed by atoms with Gasteiger partial charge in [0.15, 0.2) is 0 Å². The van der Waals surface area contributed by atoms with Gasteiger partial charge in [0.05, 0.1) is 11.6 Å². The third kappa shape index (κ3) is 3.48. The van der Waals surface area contributed by atoms with Crippen LogP contribution in [0.15, 0.2) is 140 Å². The molecule has 0 saturated carbocycles. The summed E-state index contributed by atoms with van der Waals surface area (Å²) in [7, 11) is 0. The molecule has 0 atom stereocenters. The molecule has 0 radical (unpaired) electrons. The van der Waals surface area contributed by atoms with E-state index in [9.17, 15) is 0 Å². The minimum Gasteiger partial charge on any atom is -0.192 e. The SMILES string of the molecule is N#Cc1ccc(-c2ccc(-c3ccc4cc(-c5ccc6c7c(cccc57)-c5ccccc5-6)ccc4c3)cc2)cc1. The van der Waals surface area contributed by atoms with E-state index in [1.165, 1.54) is 66.1 Å². The van der Waals surface area contributed by atoms with Gasteiger partial charge in [-0.1, -0.05) is 115 Å². The van der Waals surface area contributed by atoms with Gasteiger partial charge in [-0.2, -0.15) is 5.26 Å². The largest absolute Gasteiger partial charge is 0.192 e. The monoisotopic (exact) mass is 505 g/mol. The average Bonchev–Trinajstić information content (AvgIpc) is 3.36. The lowest BCUT2D eigenvalue weighted by molar-refractivity contribution is 1.48. The summed E-state index contributed by atoms with van der Waals surface area (Å²) in [5.41, 5.74) is 13.2. The molecule has 7 aromatic carbocycles. The highest BCUT2D eigenvalue weighted by atomic mass is 14.2. The molecule has 0 amide bonds. The van der Waals surface area contributed by atoms with Crippen LogP contribution in [0.3, 0.4) is 0 Å². The van der Waals surface area contributed by atoms with E-state index in [1.54, 1.807) is 0 Å². The normalized spacial score (nSPS) is 11.5. The molecule has 40 heavy (non-hydrogen) atoms. The van der Waals surface area contributed by atoms with Crippen molar-refractivity contribution in [3.63, 3.8) is 0 Å². The molecule has 0 saturated heterocycles. The van der Waals surface area contributed by atoms with Gasteiger partial charge in [0.1, 0.15) is 0 Å². The molecular formula is C39H23N. The van der Waals surface area contributed by atoms with Gasteiger partial charge in [0.25, 0.3) is 0 Å². The van der Waals surface area contributed by atoms with E-state index in [0.29, 0.717) is 5.56 Å². The van der Waals surface area contributed by atoms with Crippen molar-refractivity contribution in [1.82, 2.24) is 0 Å². The van der Waals surface area contributed by atoms with E-state index in [2.05, 4.69) is 121 Å². The van der Waals surface area contributed by atoms with Gasteiger partial charge in [0, 0.05) is 0 Å². The van der Waals surface area contributed by atoms with Gasteiger partial charge in [-0.3, -0.25) is 0 Å². The minimum absolute atomic E-state index is 0.680. The Labute approximate surface area is 233 Å². The summed E-state index contributed by atoms with van der Waals surface area (Å²) in [5, 5.41) is 14.2. The van der Waals surface area contributed by atoms with Crippen molar-refractivity contribution >= 4 is 21.5 Å². The molecule has 7 aromatic rings. The van der Waals surface area contributed by atoms with Crippen molar-refractivity contribution in [1.29, 1.82) is 5.26 Å².